The molecule has 1 amide bonds. The van der Waals surface area contributed by atoms with E-state index in [2.05, 4.69) is 10.3 Å². The molecule has 176 valence electrons. The normalized spacial score (nSPS) is 27.0. The van der Waals surface area contributed by atoms with Gasteiger partial charge in [0.25, 0.3) is 5.69 Å². The number of benzene rings is 2. The van der Waals surface area contributed by atoms with Gasteiger partial charge in [0.15, 0.2) is 5.78 Å². The van der Waals surface area contributed by atoms with E-state index < -0.39 is 28.1 Å². The van der Waals surface area contributed by atoms with Crippen molar-refractivity contribution in [2.24, 2.45) is 5.92 Å². The van der Waals surface area contributed by atoms with E-state index in [0.29, 0.717) is 28.4 Å². The number of carbonyl (C=O) groups excluding carboxylic acids is 2. The topological polar surface area (TPSA) is 105 Å². The molecule has 8 nitrogen and oxygen atoms in total. The quantitative estimate of drug-likeness (QED) is 0.335. The van der Waals surface area contributed by atoms with Gasteiger partial charge in [0.2, 0.25) is 5.91 Å². The first kappa shape index (κ1) is 21.9. The second kappa shape index (κ2) is 7.96. The van der Waals surface area contributed by atoms with Gasteiger partial charge in [-0.1, -0.05) is 12.1 Å². The number of Topliss-reactive ketones (excluding diaryl/α,β-unsaturated/α-hetero) is 1. The van der Waals surface area contributed by atoms with Crippen LogP contribution in [0.1, 0.15) is 27.4 Å². The average molecular weight is 491 g/mol. The molecule has 1 spiro atoms. The molecule has 0 radical (unpaired) electrons. The Morgan fingerprint density at radius 3 is 2.74 bits per heavy atom. The van der Waals surface area contributed by atoms with Crippen molar-refractivity contribution in [2.45, 2.75) is 17.5 Å². The van der Waals surface area contributed by atoms with Crippen molar-refractivity contribution in [3.05, 3.63) is 99.6 Å². The maximum absolute atomic E-state index is 14.5. The van der Waals surface area contributed by atoms with Crippen molar-refractivity contribution in [1.82, 2.24) is 9.88 Å². The fraction of sp³-hybridized carbons (Fsp3) is 0.240. The van der Waals surface area contributed by atoms with E-state index >= 15 is 0 Å². The molecule has 2 aromatic carbocycles. The maximum atomic E-state index is 14.5. The molecule has 10 heteroatoms. The van der Waals surface area contributed by atoms with E-state index in [4.69, 9.17) is 0 Å². The van der Waals surface area contributed by atoms with Gasteiger partial charge in [0.1, 0.15) is 11.4 Å². The fourth-order valence-corrected chi connectivity index (χ4v) is 7.25. The highest BCUT2D eigenvalue weighted by atomic mass is 32.2. The Morgan fingerprint density at radius 1 is 1.23 bits per heavy atom. The molecule has 1 N–H and O–H groups in total. The highest BCUT2D eigenvalue weighted by Crippen LogP contribution is 2.61. The second-order valence-electron chi connectivity index (χ2n) is 8.91. The van der Waals surface area contributed by atoms with Gasteiger partial charge >= 0.3 is 0 Å². The van der Waals surface area contributed by atoms with Crippen molar-refractivity contribution in [3.8, 4) is 0 Å². The lowest BCUT2D eigenvalue weighted by Gasteiger charge is -2.36. The summed E-state index contributed by atoms with van der Waals surface area (Å²) in [6, 6.07) is 13.4. The summed E-state index contributed by atoms with van der Waals surface area (Å²) in [5, 5.41) is 14.1. The summed E-state index contributed by atoms with van der Waals surface area (Å²) < 4.78 is 14.5. The van der Waals surface area contributed by atoms with Crippen molar-refractivity contribution < 1.29 is 18.9 Å². The molecule has 0 unspecified atom stereocenters. The fourth-order valence-electron chi connectivity index (χ4n) is 5.93. The van der Waals surface area contributed by atoms with E-state index in [0.717, 1.165) is 5.56 Å². The molecule has 4 atom stereocenters. The van der Waals surface area contributed by atoms with Crippen LogP contribution in [0.2, 0.25) is 0 Å². The molecule has 3 aromatic rings. The van der Waals surface area contributed by atoms with E-state index in [1.54, 1.807) is 42.2 Å². The van der Waals surface area contributed by atoms with Crippen LogP contribution in [0.4, 0.5) is 15.8 Å². The Morgan fingerprint density at radius 2 is 2.03 bits per heavy atom. The number of hydrogen-bond acceptors (Lipinski definition) is 7. The number of halogens is 1. The molecule has 4 heterocycles. The first-order chi connectivity index (χ1) is 16.9. The number of ketones is 1. The number of nitrogens with zero attached hydrogens (tertiary/aromatic N) is 3. The lowest BCUT2D eigenvalue weighted by atomic mass is 9.69. The number of hydrogen-bond donors (Lipinski definition) is 1. The molecule has 35 heavy (non-hydrogen) atoms. The molecule has 0 bridgehead atoms. The Labute approximate surface area is 203 Å². The molecule has 3 aliphatic heterocycles. The predicted molar refractivity (Wildman–Crippen MR) is 128 cm³/mol. The lowest BCUT2D eigenvalue weighted by Crippen LogP contribution is -2.52. The standard InChI is InChI=1S/C25H19FN4O4S/c26-16-5-8-19-18(10-16)25(24(32)28-19)22(23(31)15-2-1-9-27-11-15)21(20-12-35-13-29(20)25)14-3-6-17(7-4-14)30(33)34/h1-11,20-22H,12-13H2,(H,28,32)/t20-,21+,22+,25+/m0/s1. The van der Waals surface area contributed by atoms with Gasteiger partial charge in [0, 0.05) is 64.9 Å². The smallest absolute Gasteiger partial charge is 0.269 e. The number of carbonyl (C=O) groups is 2. The minimum absolute atomic E-state index is 0.0553. The highest BCUT2D eigenvalue weighted by molar-refractivity contribution is 7.99. The van der Waals surface area contributed by atoms with Crippen molar-refractivity contribution in [2.75, 3.05) is 16.9 Å². The number of nitro groups is 1. The number of nitrogens with one attached hydrogen (secondary N) is 1. The van der Waals surface area contributed by atoms with Gasteiger partial charge in [-0.15, -0.1) is 11.8 Å². The van der Waals surface area contributed by atoms with Crippen LogP contribution in [0, 0.1) is 21.8 Å². The van der Waals surface area contributed by atoms with E-state index in [9.17, 15) is 24.1 Å². The summed E-state index contributed by atoms with van der Waals surface area (Å²) in [5.41, 5.74) is 0.549. The summed E-state index contributed by atoms with van der Waals surface area (Å²) in [5.74, 6) is -1.30. The zero-order valence-electron chi connectivity index (χ0n) is 18.3. The SMILES string of the molecule is O=C(c1cccnc1)[C@H]1[C@H](c2ccc([N+](=O)[O-])cc2)[C@@H]2CSCN2[C@@]12C(=O)Nc1ccc(F)cc12. The zero-order valence-corrected chi connectivity index (χ0v) is 19.1. The first-order valence-electron chi connectivity index (χ1n) is 11.1. The monoisotopic (exact) mass is 490 g/mol. The van der Waals surface area contributed by atoms with E-state index in [1.807, 2.05) is 4.90 Å². The molecule has 1 aromatic heterocycles. The molecular formula is C25H19FN4O4S. The zero-order chi connectivity index (χ0) is 24.3. The van der Waals surface area contributed by atoms with Crippen LogP contribution >= 0.6 is 11.8 Å². The van der Waals surface area contributed by atoms with Crippen molar-refractivity contribution in [3.63, 3.8) is 0 Å². The van der Waals surface area contributed by atoms with Crippen molar-refractivity contribution >= 4 is 34.8 Å². The summed E-state index contributed by atoms with van der Waals surface area (Å²) in [6.45, 7) is 0. The largest absolute Gasteiger partial charge is 0.324 e. The van der Waals surface area contributed by atoms with E-state index in [1.165, 1.54) is 36.5 Å². The Bertz CT molecular complexity index is 1370. The van der Waals surface area contributed by atoms with Gasteiger partial charge < -0.3 is 5.32 Å². The van der Waals surface area contributed by atoms with Crippen LogP contribution in [-0.4, -0.2) is 44.2 Å². The second-order valence-corrected chi connectivity index (χ2v) is 9.91. The Balaban J connectivity index is 1.60. The van der Waals surface area contributed by atoms with Gasteiger partial charge in [-0.05, 0) is 35.9 Å². The third-order valence-corrected chi connectivity index (χ3v) is 8.34. The predicted octanol–water partition coefficient (Wildman–Crippen LogP) is 3.95. The molecule has 6 rings (SSSR count). The molecular weight excluding hydrogens is 471 g/mol. The number of rotatable bonds is 4. The number of amides is 1. The van der Waals surface area contributed by atoms with Crippen molar-refractivity contribution in [1.29, 1.82) is 0 Å². The van der Waals surface area contributed by atoms with Gasteiger partial charge in [-0.25, -0.2) is 4.39 Å². The third kappa shape index (κ3) is 3.06. The Kier molecular flexibility index (Phi) is 4.97. The number of fused-ring (bicyclic) bond motifs is 4. The minimum Gasteiger partial charge on any atom is -0.324 e. The number of pyridine rings is 1. The summed E-state index contributed by atoms with van der Waals surface area (Å²) in [6.07, 6.45) is 3.04. The van der Waals surface area contributed by atoms with Crippen LogP contribution in [0.5, 0.6) is 0 Å². The van der Waals surface area contributed by atoms with Crippen LogP contribution < -0.4 is 5.32 Å². The summed E-state index contributed by atoms with van der Waals surface area (Å²) >= 11 is 1.64. The Hall–Kier alpha value is -3.63. The molecule has 0 aliphatic carbocycles. The van der Waals surface area contributed by atoms with Crippen LogP contribution in [0.15, 0.2) is 67.0 Å². The van der Waals surface area contributed by atoms with Gasteiger partial charge in [-0.3, -0.25) is 29.6 Å². The molecule has 3 aliphatic rings. The summed E-state index contributed by atoms with van der Waals surface area (Å²) in [4.78, 5) is 44.9. The van der Waals surface area contributed by atoms with Crippen LogP contribution in [0.25, 0.3) is 0 Å². The number of anilines is 1. The first-order valence-corrected chi connectivity index (χ1v) is 12.2. The van der Waals surface area contributed by atoms with Crippen LogP contribution in [0.3, 0.4) is 0 Å². The van der Waals surface area contributed by atoms with Gasteiger partial charge in [-0.2, -0.15) is 0 Å². The minimum atomic E-state index is -1.41. The number of nitro benzene ring substituents is 1. The van der Waals surface area contributed by atoms with E-state index in [-0.39, 0.29) is 23.4 Å². The third-order valence-electron chi connectivity index (χ3n) is 7.30. The average Bonchev–Trinajstić information content (AvgIpc) is 3.53. The lowest BCUT2D eigenvalue weighted by molar-refractivity contribution is -0.384. The van der Waals surface area contributed by atoms with Crippen LogP contribution in [-0.2, 0) is 10.3 Å². The van der Waals surface area contributed by atoms with Gasteiger partial charge in [0.05, 0.1) is 10.8 Å². The number of aromatic nitrogens is 1. The molecule has 2 saturated heterocycles. The molecule has 2 fully saturated rings. The number of thioether (sulfide) groups is 1. The molecule has 0 saturated carbocycles. The number of non-ortho nitro benzene ring substituents is 1. The highest BCUT2D eigenvalue weighted by Gasteiger charge is 2.69. The summed E-state index contributed by atoms with van der Waals surface area (Å²) in [7, 11) is 0. The maximum Gasteiger partial charge on any atom is 0.269 e.